The van der Waals surface area contributed by atoms with Gasteiger partial charge in [-0.25, -0.2) is 0 Å². The number of rotatable bonds is 8. The van der Waals surface area contributed by atoms with Crippen LogP contribution in [-0.2, 0) is 0 Å². The van der Waals surface area contributed by atoms with Gasteiger partial charge in [-0.15, -0.1) is 5.10 Å². The van der Waals surface area contributed by atoms with Crippen LogP contribution in [0.5, 0.6) is 5.75 Å². The minimum atomic E-state index is 0.102. The monoisotopic (exact) mass is 316 g/mol. The van der Waals surface area contributed by atoms with Gasteiger partial charge in [-0.1, -0.05) is 12.1 Å². The van der Waals surface area contributed by atoms with Crippen molar-refractivity contribution in [2.45, 2.75) is 20.0 Å². The van der Waals surface area contributed by atoms with Crippen molar-refractivity contribution in [2.75, 3.05) is 37.8 Å². The average molecular weight is 316 g/mol. The summed E-state index contributed by atoms with van der Waals surface area (Å²) in [6.45, 7) is 5.64. The number of likely N-dealkylation sites (N-methyl/N-ethyl adjacent to an activating group) is 1. The molecule has 0 unspecified atom stereocenters. The highest BCUT2D eigenvalue weighted by Crippen LogP contribution is 2.27. The Morgan fingerprint density at radius 3 is 2.74 bits per heavy atom. The van der Waals surface area contributed by atoms with E-state index in [0.717, 1.165) is 24.5 Å². The lowest BCUT2D eigenvalue weighted by molar-refractivity contribution is 0.244. The van der Waals surface area contributed by atoms with Crippen LogP contribution in [0.4, 0.5) is 17.5 Å². The topological polar surface area (TPSA) is 75.2 Å². The second-order valence-corrected chi connectivity index (χ2v) is 5.68. The molecule has 0 saturated carbocycles. The number of nitrogens with one attached hydrogen (secondary N) is 2. The van der Waals surface area contributed by atoms with Gasteiger partial charge in [-0.3, -0.25) is 0 Å². The fourth-order valence-corrected chi connectivity index (χ4v) is 1.89. The van der Waals surface area contributed by atoms with Gasteiger partial charge in [0.25, 0.3) is 0 Å². The first kappa shape index (κ1) is 17.0. The van der Waals surface area contributed by atoms with Crippen LogP contribution in [0.2, 0.25) is 0 Å². The van der Waals surface area contributed by atoms with Crippen LogP contribution < -0.4 is 15.4 Å². The third-order valence-corrected chi connectivity index (χ3v) is 2.91. The van der Waals surface area contributed by atoms with E-state index in [2.05, 4.69) is 30.7 Å². The number of ether oxygens (including phenoxy) is 1. The van der Waals surface area contributed by atoms with Gasteiger partial charge in [-0.05, 0) is 40.1 Å². The predicted octanol–water partition coefficient (Wildman–Crippen LogP) is 2.38. The number of benzene rings is 1. The molecule has 0 aliphatic rings. The highest BCUT2D eigenvalue weighted by atomic mass is 16.5. The first-order chi connectivity index (χ1) is 11.0. The first-order valence-corrected chi connectivity index (χ1v) is 7.65. The van der Waals surface area contributed by atoms with Crippen LogP contribution in [0, 0.1) is 0 Å². The van der Waals surface area contributed by atoms with Crippen molar-refractivity contribution in [3.63, 3.8) is 0 Å². The summed E-state index contributed by atoms with van der Waals surface area (Å²) in [4.78, 5) is 6.50. The number of anilines is 3. The Balaban J connectivity index is 2.06. The van der Waals surface area contributed by atoms with Crippen LogP contribution in [0.15, 0.2) is 30.5 Å². The molecule has 2 rings (SSSR count). The van der Waals surface area contributed by atoms with E-state index < -0.39 is 0 Å². The summed E-state index contributed by atoms with van der Waals surface area (Å²) in [5, 5.41) is 14.3. The summed E-state index contributed by atoms with van der Waals surface area (Å²) in [5.74, 6) is 1.90. The van der Waals surface area contributed by atoms with E-state index in [0.29, 0.717) is 11.8 Å². The van der Waals surface area contributed by atoms with Gasteiger partial charge in [0.15, 0.2) is 5.82 Å². The molecule has 0 radical (unpaired) electrons. The van der Waals surface area contributed by atoms with Crippen molar-refractivity contribution in [1.29, 1.82) is 0 Å². The number of para-hydroxylation sites is 2. The summed E-state index contributed by atoms with van der Waals surface area (Å²) in [7, 11) is 4.04. The van der Waals surface area contributed by atoms with Crippen molar-refractivity contribution in [3.05, 3.63) is 30.5 Å². The van der Waals surface area contributed by atoms with E-state index in [-0.39, 0.29) is 6.10 Å². The number of aromatic nitrogens is 3. The standard InChI is InChI=1S/C16H24N6O/c1-12(2)23-14-8-6-5-7-13(14)19-15-11-18-21-16(20-15)17-9-10-22(3)4/h5-8,11-12H,9-10H2,1-4H3,(H2,17,19,20,21). The molecule has 0 spiro atoms. The van der Waals surface area contributed by atoms with E-state index >= 15 is 0 Å². The largest absolute Gasteiger partial charge is 0.489 e. The Hall–Kier alpha value is -2.41. The smallest absolute Gasteiger partial charge is 0.244 e. The number of hydrogen-bond donors (Lipinski definition) is 2. The molecule has 2 aromatic rings. The summed E-state index contributed by atoms with van der Waals surface area (Å²) in [6.07, 6.45) is 1.69. The molecule has 23 heavy (non-hydrogen) atoms. The van der Waals surface area contributed by atoms with E-state index in [9.17, 15) is 0 Å². The summed E-state index contributed by atoms with van der Waals surface area (Å²) in [5.41, 5.74) is 0.848. The minimum absolute atomic E-state index is 0.102. The van der Waals surface area contributed by atoms with Crippen molar-refractivity contribution < 1.29 is 4.74 Å². The molecule has 0 atom stereocenters. The van der Waals surface area contributed by atoms with E-state index in [1.54, 1.807) is 6.20 Å². The maximum absolute atomic E-state index is 5.79. The Morgan fingerprint density at radius 2 is 2.00 bits per heavy atom. The van der Waals surface area contributed by atoms with Crippen molar-refractivity contribution >= 4 is 17.5 Å². The van der Waals surface area contributed by atoms with Gasteiger partial charge >= 0.3 is 0 Å². The van der Waals surface area contributed by atoms with Crippen LogP contribution in [-0.4, -0.2) is 53.4 Å². The second kappa shape index (κ2) is 8.28. The molecule has 1 aromatic heterocycles. The molecule has 1 heterocycles. The lowest BCUT2D eigenvalue weighted by Gasteiger charge is -2.15. The third-order valence-electron chi connectivity index (χ3n) is 2.91. The van der Waals surface area contributed by atoms with E-state index in [1.807, 2.05) is 52.2 Å². The highest BCUT2D eigenvalue weighted by molar-refractivity contribution is 5.64. The van der Waals surface area contributed by atoms with E-state index in [1.165, 1.54) is 0 Å². The maximum atomic E-state index is 5.79. The first-order valence-electron chi connectivity index (χ1n) is 7.65. The zero-order valence-corrected chi connectivity index (χ0v) is 14.1. The molecule has 0 amide bonds. The van der Waals surface area contributed by atoms with Gasteiger partial charge in [-0.2, -0.15) is 10.1 Å². The van der Waals surface area contributed by atoms with Crippen LogP contribution in [0.1, 0.15) is 13.8 Å². The van der Waals surface area contributed by atoms with Crippen LogP contribution in [0.25, 0.3) is 0 Å². The van der Waals surface area contributed by atoms with Gasteiger partial charge in [0.1, 0.15) is 5.75 Å². The SMILES string of the molecule is CC(C)Oc1ccccc1Nc1cnnc(NCCN(C)C)n1. The lowest BCUT2D eigenvalue weighted by Crippen LogP contribution is -2.21. The van der Waals surface area contributed by atoms with Gasteiger partial charge in [0, 0.05) is 13.1 Å². The van der Waals surface area contributed by atoms with Crippen LogP contribution in [0.3, 0.4) is 0 Å². The molecule has 1 aromatic carbocycles. The highest BCUT2D eigenvalue weighted by Gasteiger charge is 2.07. The lowest BCUT2D eigenvalue weighted by atomic mass is 10.3. The number of hydrogen-bond acceptors (Lipinski definition) is 7. The van der Waals surface area contributed by atoms with Crippen molar-refractivity contribution in [1.82, 2.24) is 20.1 Å². The van der Waals surface area contributed by atoms with Crippen molar-refractivity contribution in [2.24, 2.45) is 0 Å². The molecule has 7 heteroatoms. The Morgan fingerprint density at radius 1 is 1.22 bits per heavy atom. The molecule has 7 nitrogen and oxygen atoms in total. The molecule has 0 fully saturated rings. The quantitative estimate of drug-likeness (QED) is 0.774. The molecule has 2 N–H and O–H groups in total. The predicted molar refractivity (Wildman–Crippen MR) is 92.4 cm³/mol. The molecular weight excluding hydrogens is 292 g/mol. The van der Waals surface area contributed by atoms with Crippen LogP contribution >= 0.6 is 0 Å². The number of nitrogens with zero attached hydrogens (tertiary/aromatic N) is 4. The second-order valence-electron chi connectivity index (χ2n) is 5.68. The fourth-order valence-electron chi connectivity index (χ4n) is 1.89. The normalized spacial score (nSPS) is 10.9. The fraction of sp³-hybridized carbons (Fsp3) is 0.438. The summed E-state index contributed by atoms with van der Waals surface area (Å²) < 4.78 is 5.79. The zero-order valence-electron chi connectivity index (χ0n) is 14.1. The van der Waals surface area contributed by atoms with Gasteiger partial charge in [0.05, 0.1) is 18.0 Å². The molecular formula is C16H24N6O. The van der Waals surface area contributed by atoms with Gasteiger partial charge < -0.3 is 20.3 Å². The molecule has 0 bridgehead atoms. The molecule has 0 aliphatic heterocycles. The Bertz CT molecular complexity index is 617. The molecule has 0 aliphatic carbocycles. The average Bonchev–Trinajstić information content (AvgIpc) is 2.49. The third kappa shape index (κ3) is 5.71. The zero-order chi connectivity index (χ0) is 16.7. The minimum Gasteiger partial charge on any atom is -0.489 e. The maximum Gasteiger partial charge on any atom is 0.244 e. The van der Waals surface area contributed by atoms with E-state index in [4.69, 9.17) is 4.74 Å². The molecule has 0 saturated heterocycles. The summed E-state index contributed by atoms with van der Waals surface area (Å²) in [6, 6.07) is 7.75. The Kier molecular flexibility index (Phi) is 6.10. The van der Waals surface area contributed by atoms with Crippen molar-refractivity contribution in [3.8, 4) is 5.75 Å². The van der Waals surface area contributed by atoms with Gasteiger partial charge in [0.2, 0.25) is 5.95 Å². The summed E-state index contributed by atoms with van der Waals surface area (Å²) >= 11 is 0. The Labute approximate surface area is 137 Å². The molecule has 124 valence electrons.